The number of aromatic nitrogens is 2. The molecule has 0 bridgehead atoms. The molecule has 1 aromatic carbocycles. The second kappa shape index (κ2) is 8.52. The van der Waals surface area contributed by atoms with Gasteiger partial charge in [0.2, 0.25) is 5.91 Å². The van der Waals surface area contributed by atoms with Crippen LogP contribution in [0.2, 0.25) is 32.2 Å². The molecule has 0 aliphatic rings. The summed E-state index contributed by atoms with van der Waals surface area (Å²) in [7, 11) is -3.49. The number of carbonyl (C=O) groups is 1. The summed E-state index contributed by atoms with van der Waals surface area (Å²) in [4.78, 5) is 19.0. The first kappa shape index (κ1) is 20.2. The molecule has 8 heteroatoms. The minimum Gasteiger partial charge on any atom is -0.455 e. The lowest BCUT2D eigenvalue weighted by Gasteiger charge is -2.33. The van der Waals surface area contributed by atoms with E-state index < -0.39 is 16.6 Å². The van der Waals surface area contributed by atoms with E-state index in [1.54, 1.807) is 18.7 Å². The molecule has 0 atom stereocenters. The molecule has 2 rings (SSSR count). The molecule has 0 aliphatic heterocycles. The number of hydrogen-bond donors (Lipinski definition) is 2. The average molecular weight is 396 g/mol. The molecule has 0 fully saturated rings. The first-order valence-corrected chi connectivity index (χ1v) is 15.9. The third-order valence-corrected chi connectivity index (χ3v) is 13.6. The Balaban J connectivity index is 1.84. The van der Waals surface area contributed by atoms with E-state index in [1.807, 2.05) is 18.2 Å². The molecule has 5 nitrogen and oxygen atoms in total. The van der Waals surface area contributed by atoms with Gasteiger partial charge in [-0.1, -0.05) is 23.9 Å². The Hall–Kier alpha value is -1.10. The van der Waals surface area contributed by atoms with Crippen LogP contribution in [-0.2, 0) is 8.91 Å². The lowest BCUT2D eigenvalue weighted by Crippen LogP contribution is -2.46. The Morgan fingerprint density at radius 1 is 1.24 bits per heavy atom. The van der Waals surface area contributed by atoms with E-state index in [0.717, 1.165) is 40.6 Å². The Morgan fingerprint density at radius 2 is 1.96 bits per heavy atom. The molecule has 0 saturated heterocycles. The van der Waals surface area contributed by atoms with Gasteiger partial charge in [0, 0.05) is 18.8 Å². The molecule has 0 unspecified atom stereocenters. The Morgan fingerprint density at radius 3 is 2.64 bits per heavy atom. The predicted molar refractivity (Wildman–Crippen MR) is 111 cm³/mol. The number of amides is 1. The summed E-state index contributed by atoms with van der Waals surface area (Å²) in [6.07, 6.45) is 0.986. The van der Waals surface area contributed by atoms with Crippen LogP contribution in [0.1, 0.15) is 13.3 Å². The smallest absolute Gasteiger partial charge is 0.216 e. The van der Waals surface area contributed by atoms with Crippen molar-refractivity contribution in [2.24, 2.45) is 0 Å². The number of para-hydroxylation sites is 2. The number of benzene rings is 1. The summed E-state index contributed by atoms with van der Waals surface area (Å²) in [6.45, 7) is 11.4. The van der Waals surface area contributed by atoms with Crippen molar-refractivity contribution in [3.05, 3.63) is 24.3 Å². The van der Waals surface area contributed by atoms with Crippen molar-refractivity contribution >= 4 is 45.3 Å². The molecule has 25 heavy (non-hydrogen) atoms. The molecule has 2 N–H and O–H groups in total. The summed E-state index contributed by atoms with van der Waals surface area (Å²) < 4.78 is 6.63. The monoisotopic (exact) mass is 395 g/mol. The number of imidazole rings is 1. The standard InChI is InChI=1S/C17H29N3O2SSi2/c1-14(21)18-11-8-12-24(2,3)22-25(4,5)13-23-17-19-15-9-6-7-10-16(15)20-17/h6-7,9-10H,8,11-13H2,1-5H3,(H,18,21)(H,19,20). The van der Waals surface area contributed by atoms with Crippen molar-refractivity contribution in [1.29, 1.82) is 0 Å². The van der Waals surface area contributed by atoms with Crippen LogP contribution in [0, 0.1) is 0 Å². The molecule has 1 amide bonds. The second-order valence-electron chi connectivity index (χ2n) is 7.56. The van der Waals surface area contributed by atoms with Gasteiger partial charge in [0.15, 0.2) is 21.8 Å². The van der Waals surface area contributed by atoms with Crippen LogP contribution >= 0.6 is 11.8 Å². The average Bonchev–Trinajstić information content (AvgIpc) is 2.91. The number of aromatic amines is 1. The van der Waals surface area contributed by atoms with Crippen LogP contribution in [0.5, 0.6) is 0 Å². The molecule has 1 heterocycles. The minimum atomic E-state index is -1.78. The fraction of sp³-hybridized carbons (Fsp3) is 0.529. The van der Waals surface area contributed by atoms with Gasteiger partial charge in [-0.25, -0.2) is 4.98 Å². The molecule has 2 aromatic rings. The Kier molecular flexibility index (Phi) is 6.89. The third-order valence-electron chi connectivity index (χ3n) is 3.81. The van der Waals surface area contributed by atoms with Crippen molar-refractivity contribution in [3.8, 4) is 0 Å². The van der Waals surface area contributed by atoms with Gasteiger partial charge in [0.05, 0.1) is 11.0 Å². The zero-order valence-corrected chi connectivity index (χ0v) is 18.6. The largest absolute Gasteiger partial charge is 0.455 e. The van der Waals surface area contributed by atoms with Crippen LogP contribution in [0.25, 0.3) is 11.0 Å². The molecule has 0 saturated carbocycles. The molecule has 0 aliphatic carbocycles. The molecule has 0 radical (unpaired) electrons. The molecular weight excluding hydrogens is 366 g/mol. The number of fused-ring (bicyclic) bond motifs is 1. The fourth-order valence-electron chi connectivity index (χ4n) is 2.85. The summed E-state index contributed by atoms with van der Waals surface area (Å²) in [5.74, 6) is 0.0392. The first-order valence-electron chi connectivity index (χ1n) is 8.69. The number of thioether (sulfide) groups is 1. The van der Waals surface area contributed by atoms with Crippen molar-refractivity contribution < 1.29 is 8.91 Å². The number of carbonyl (C=O) groups excluding carboxylic acids is 1. The number of H-pyrrole nitrogens is 1. The van der Waals surface area contributed by atoms with Crippen LogP contribution < -0.4 is 5.32 Å². The predicted octanol–water partition coefficient (Wildman–Crippen LogP) is 4.15. The molecule has 1 aromatic heterocycles. The summed E-state index contributed by atoms with van der Waals surface area (Å²) >= 11 is 1.76. The highest BCUT2D eigenvalue weighted by atomic mass is 32.2. The first-order chi connectivity index (χ1) is 11.7. The summed E-state index contributed by atoms with van der Waals surface area (Å²) in [5, 5.41) is 4.81. The van der Waals surface area contributed by atoms with E-state index in [0.29, 0.717) is 0 Å². The van der Waals surface area contributed by atoms with E-state index in [4.69, 9.17) is 4.12 Å². The van der Waals surface area contributed by atoms with E-state index in [2.05, 4.69) is 47.5 Å². The highest BCUT2D eigenvalue weighted by molar-refractivity contribution is 8.00. The SMILES string of the molecule is CC(=O)NCCC[Si](C)(C)O[Si](C)(C)CSc1nc2ccccc2[nH]1. The van der Waals surface area contributed by atoms with Gasteiger partial charge in [-0.3, -0.25) is 4.79 Å². The van der Waals surface area contributed by atoms with E-state index in [1.165, 1.54) is 0 Å². The minimum absolute atomic E-state index is 0.0392. The van der Waals surface area contributed by atoms with Gasteiger partial charge in [-0.05, 0) is 50.8 Å². The second-order valence-corrected chi connectivity index (χ2v) is 17.7. The Labute approximate surface area is 156 Å². The maximum absolute atomic E-state index is 10.9. The quantitative estimate of drug-likeness (QED) is 0.380. The van der Waals surface area contributed by atoms with Crippen LogP contribution in [-0.4, -0.2) is 44.4 Å². The van der Waals surface area contributed by atoms with Gasteiger partial charge in [-0.2, -0.15) is 0 Å². The number of rotatable bonds is 9. The van der Waals surface area contributed by atoms with Crippen molar-refractivity contribution in [2.45, 2.75) is 50.7 Å². The van der Waals surface area contributed by atoms with Gasteiger partial charge in [0.25, 0.3) is 0 Å². The van der Waals surface area contributed by atoms with Crippen LogP contribution in [0.3, 0.4) is 0 Å². The van der Waals surface area contributed by atoms with Crippen molar-refractivity contribution in [3.63, 3.8) is 0 Å². The highest BCUT2D eigenvalue weighted by Gasteiger charge is 2.33. The Bertz CT molecular complexity index is 686. The van der Waals surface area contributed by atoms with Crippen LogP contribution in [0.4, 0.5) is 0 Å². The topological polar surface area (TPSA) is 67.0 Å². The van der Waals surface area contributed by atoms with Crippen LogP contribution in [0.15, 0.2) is 29.4 Å². The van der Waals surface area contributed by atoms with Gasteiger partial charge in [-0.15, -0.1) is 0 Å². The van der Waals surface area contributed by atoms with Gasteiger partial charge in [0.1, 0.15) is 0 Å². The maximum atomic E-state index is 10.9. The third kappa shape index (κ3) is 6.97. The summed E-state index contributed by atoms with van der Waals surface area (Å²) in [5.41, 5.74) is 2.09. The zero-order chi connectivity index (χ0) is 18.5. The lowest BCUT2D eigenvalue weighted by atomic mass is 10.3. The number of hydrogen-bond acceptors (Lipinski definition) is 4. The molecule has 0 spiro atoms. The maximum Gasteiger partial charge on any atom is 0.216 e. The van der Waals surface area contributed by atoms with E-state index >= 15 is 0 Å². The number of nitrogens with zero attached hydrogens (tertiary/aromatic N) is 1. The summed E-state index contributed by atoms with van der Waals surface area (Å²) in [6, 6.07) is 9.18. The highest BCUT2D eigenvalue weighted by Crippen LogP contribution is 2.26. The van der Waals surface area contributed by atoms with Gasteiger partial charge >= 0.3 is 0 Å². The van der Waals surface area contributed by atoms with Crippen molar-refractivity contribution in [1.82, 2.24) is 15.3 Å². The normalized spacial score (nSPS) is 12.5. The zero-order valence-electron chi connectivity index (χ0n) is 15.8. The number of nitrogens with one attached hydrogen (secondary N) is 2. The van der Waals surface area contributed by atoms with Gasteiger partial charge < -0.3 is 14.4 Å². The lowest BCUT2D eigenvalue weighted by molar-refractivity contribution is -0.118. The van der Waals surface area contributed by atoms with E-state index in [-0.39, 0.29) is 5.91 Å². The van der Waals surface area contributed by atoms with E-state index in [9.17, 15) is 4.79 Å². The molecule has 138 valence electrons. The fourth-order valence-corrected chi connectivity index (χ4v) is 13.3. The van der Waals surface area contributed by atoms with Crippen molar-refractivity contribution in [2.75, 3.05) is 11.9 Å². The molecular formula is C17H29N3O2SSi2.